The van der Waals surface area contributed by atoms with Crippen molar-refractivity contribution >= 4 is 58.3 Å². The SMILES string of the molecule is O=C(CCC(=O)OCC(Cl)Cl)OCC(Cl)Cl. The fourth-order valence-corrected chi connectivity index (χ4v) is 0.912. The standard InChI is InChI=1S/C8H10Cl4O4/c9-5(10)3-15-7(13)1-2-8(14)16-4-6(11)12/h5-6H,1-4H2. The highest BCUT2D eigenvalue weighted by molar-refractivity contribution is 6.44. The highest BCUT2D eigenvalue weighted by atomic mass is 35.5. The van der Waals surface area contributed by atoms with Crippen molar-refractivity contribution < 1.29 is 19.1 Å². The Hall–Kier alpha value is 0.1000. The van der Waals surface area contributed by atoms with E-state index in [0.717, 1.165) is 0 Å². The largest absolute Gasteiger partial charge is 0.463 e. The van der Waals surface area contributed by atoms with Crippen LogP contribution in [-0.4, -0.2) is 34.8 Å². The monoisotopic (exact) mass is 310 g/mol. The molecule has 0 spiro atoms. The van der Waals surface area contributed by atoms with Crippen molar-refractivity contribution in [3.8, 4) is 0 Å². The summed E-state index contributed by atoms with van der Waals surface area (Å²) in [6, 6.07) is 0. The number of carbonyl (C=O) groups excluding carboxylic acids is 2. The fraction of sp³-hybridized carbons (Fsp3) is 0.750. The summed E-state index contributed by atoms with van der Waals surface area (Å²) >= 11 is 21.3. The van der Waals surface area contributed by atoms with E-state index in [4.69, 9.17) is 46.4 Å². The molecule has 0 aromatic carbocycles. The van der Waals surface area contributed by atoms with Gasteiger partial charge >= 0.3 is 11.9 Å². The summed E-state index contributed by atoms with van der Waals surface area (Å²) in [5.41, 5.74) is 0. The summed E-state index contributed by atoms with van der Waals surface area (Å²) in [5.74, 6) is -1.15. The molecule has 0 atom stereocenters. The van der Waals surface area contributed by atoms with Gasteiger partial charge < -0.3 is 9.47 Å². The minimum atomic E-state index is -0.774. The number of hydrogen-bond acceptors (Lipinski definition) is 4. The van der Waals surface area contributed by atoms with Crippen molar-refractivity contribution in [1.82, 2.24) is 0 Å². The molecule has 16 heavy (non-hydrogen) atoms. The summed E-state index contributed by atoms with van der Waals surface area (Å²) in [5, 5.41) is 0. The van der Waals surface area contributed by atoms with Gasteiger partial charge in [-0.2, -0.15) is 0 Å². The lowest BCUT2D eigenvalue weighted by atomic mass is 10.3. The van der Waals surface area contributed by atoms with E-state index in [-0.39, 0.29) is 26.1 Å². The van der Waals surface area contributed by atoms with Crippen molar-refractivity contribution in [1.29, 1.82) is 0 Å². The van der Waals surface area contributed by atoms with Crippen molar-refractivity contribution in [2.24, 2.45) is 0 Å². The van der Waals surface area contributed by atoms with Crippen LogP contribution >= 0.6 is 46.4 Å². The van der Waals surface area contributed by atoms with Crippen molar-refractivity contribution in [3.63, 3.8) is 0 Å². The minimum absolute atomic E-state index is 0.103. The summed E-state index contributed by atoms with van der Waals surface area (Å²) in [7, 11) is 0. The molecule has 0 bridgehead atoms. The maximum atomic E-state index is 11.0. The predicted molar refractivity (Wildman–Crippen MR) is 62.1 cm³/mol. The van der Waals surface area contributed by atoms with Crippen molar-refractivity contribution in [3.05, 3.63) is 0 Å². The molecule has 0 N–H and O–H groups in total. The first-order valence-electron chi connectivity index (χ1n) is 4.29. The maximum Gasteiger partial charge on any atom is 0.306 e. The number of hydrogen-bond donors (Lipinski definition) is 0. The Balaban J connectivity index is 3.55. The molecule has 0 fully saturated rings. The van der Waals surface area contributed by atoms with Crippen LogP contribution in [0.4, 0.5) is 0 Å². The third-order valence-electron chi connectivity index (χ3n) is 1.27. The van der Waals surface area contributed by atoms with Crippen LogP contribution in [0.5, 0.6) is 0 Å². The molecule has 0 unspecified atom stereocenters. The van der Waals surface area contributed by atoms with Crippen LogP contribution in [-0.2, 0) is 19.1 Å². The zero-order chi connectivity index (χ0) is 12.6. The van der Waals surface area contributed by atoms with Crippen LogP contribution in [0.1, 0.15) is 12.8 Å². The lowest BCUT2D eigenvalue weighted by Gasteiger charge is -2.06. The van der Waals surface area contributed by atoms with Gasteiger partial charge in [-0.1, -0.05) is 0 Å². The van der Waals surface area contributed by atoms with Crippen molar-refractivity contribution in [2.75, 3.05) is 13.2 Å². The van der Waals surface area contributed by atoms with Gasteiger partial charge in [-0.15, -0.1) is 46.4 Å². The van der Waals surface area contributed by atoms with Gasteiger partial charge in [0.15, 0.2) is 0 Å². The van der Waals surface area contributed by atoms with Crippen LogP contribution in [0.3, 0.4) is 0 Å². The number of alkyl halides is 4. The molecule has 0 heterocycles. The van der Waals surface area contributed by atoms with E-state index in [0.29, 0.717) is 0 Å². The summed E-state index contributed by atoms with van der Waals surface area (Å²) < 4.78 is 9.23. The first-order chi connectivity index (χ1) is 7.41. The highest BCUT2D eigenvalue weighted by Gasteiger charge is 2.11. The molecule has 0 aliphatic rings. The van der Waals surface area contributed by atoms with E-state index < -0.39 is 21.6 Å². The van der Waals surface area contributed by atoms with Gasteiger partial charge in [-0.25, -0.2) is 0 Å². The molecule has 0 saturated heterocycles. The summed E-state index contributed by atoms with van der Waals surface area (Å²) in [4.78, 5) is 20.4. The molecule has 0 radical (unpaired) electrons. The van der Waals surface area contributed by atoms with E-state index in [1.54, 1.807) is 0 Å². The summed E-state index contributed by atoms with van der Waals surface area (Å²) in [6.45, 7) is -0.217. The number of ether oxygens (including phenoxy) is 2. The first-order valence-corrected chi connectivity index (χ1v) is 6.04. The molecular formula is C8H10Cl4O4. The van der Waals surface area contributed by atoms with Crippen LogP contribution in [0, 0.1) is 0 Å². The Morgan fingerprint density at radius 2 is 1.12 bits per heavy atom. The average Bonchev–Trinajstić information content (AvgIpc) is 2.20. The van der Waals surface area contributed by atoms with Gasteiger partial charge in [0.2, 0.25) is 0 Å². The van der Waals surface area contributed by atoms with E-state index in [1.165, 1.54) is 0 Å². The Morgan fingerprint density at radius 1 is 0.812 bits per heavy atom. The van der Waals surface area contributed by atoms with E-state index >= 15 is 0 Å². The normalized spacial score (nSPS) is 10.6. The predicted octanol–water partition coefficient (Wildman–Crippen LogP) is 2.46. The van der Waals surface area contributed by atoms with Crippen LogP contribution in [0.15, 0.2) is 0 Å². The zero-order valence-electron chi connectivity index (χ0n) is 8.13. The molecule has 0 aromatic heterocycles. The van der Waals surface area contributed by atoms with Crippen molar-refractivity contribution in [2.45, 2.75) is 22.5 Å². The first kappa shape index (κ1) is 16.1. The Labute approximate surface area is 113 Å². The van der Waals surface area contributed by atoms with Gasteiger partial charge in [0.05, 0.1) is 12.8 Å². The van der Waals surface area contributed by atoms with E-state index in [9.17, 15) is 9.59 Å². The maximum absolute atomic E-state index is 11.0. The lowest BCUT2D eigenvalue weighted by Crippen LogP contribution is -2.14. The second-order valence-electron chi connectivity index (χ2n) is 2.65. The van der Waals surface area contributed by atoms with Gasteiger partial charge in [0.25, 0.3) is 0 Å². The van der Waals surface area contributed by atoms with Gasteiger partial charge in [0, 0.05) is 0 Å². The molecular weight excluding hydrogens is 302 g/mol. The fourth-order valence-electron chi connectivity index (χ4n) is 0.660. The third kappa shape index (κ3) is 10.6. The zero-order valence-corrected chi connectivity index (χ0v) is 11.2. The van der Waals surface area contributed by atoms with E-state index in [1.807, 2.05) is 0 Å². The molecule has 0 amide bonds. The number of rotatable bonds is 7. The lowest BCUT2D eigenvalue weighted by molar-refractivity contribution is -0.149. The number of carbonyl (C=O) groups is 2. The van der Waals surface area contributed by atoms with Gasteiger partial charge in [-0.05, 0) is 0 Å². The Kier molecular flexibility index (Phi) is 9.22. The smallest absolute Gasteiger partial charge is 0.306 e. The highest BCUT2D eigenvalue weighted by Crippen LogP contribution is 2.05. The molecule has 8 heteroatoms. The average molecular weight is 312 g/mol. The topological polar surface area (TPSA) is 52.6 Å². The second kappa shape index (κ2) is 9.16. The molecule has 0 aliphatic heterocycles. The van der Waals surface area contributed by atoms with Crippen LogP contribution in [0.25, 0.3) is 0 Å². The Morgan fingerprint density at radius 3 is 1.38 bits per heavy atom. The third-order valence-corrected chi connectivity index (χ3v) is 1.78. The quantitative estimate of drug-likeness (QED) is 0.535. The van der Waals surface area contributed by atoms with Gasteiger partial charge in [0.1, 0.15) is 22.9 Å². The molecule has 0 aromatic rings. The van der Waals surface area contributed by atoms with Crippen LogP contribution in [0.2, 0.25) is 0 Å². The second-order valence-corrected chi connectivity index (χ2v) is 5.20. The van der Waals surface area contributed by atoms with Crippen LogP contribution < -0.4 is 0 Å². The van der Waals surface area contributed by atoms with E-state index in [2.05, 4.69) is 9.47 Å². The number of esters is 2. The minimum Gasteiger partial charge on any atom is -0.463 e. The Bertz CT molecular complexity index is 208. The molecule has 0 aliphatic carbocycles. The van der Waals surface area contributed by atoms with Gasteiger partial charge in [-0.3, -0.25) is 9.59 Å². The molecule has 0 rings (SSSR count). The molecule has 94 valence electrons. The number of halogens is 4. The summed E-state index contributed by atoms with van der Waals surface area (Å²) in [6.07, 6.45) is -0.205. The molecule has 0 saturated carbocycles. The molecule has 4 nitrogen and oxygen atoms in total.